The van der Waals surface area contributed by atoms with Crippen LogP contribution >= 0.6 is 0 Å². The van der Waals surface area contributed by atoms with Gasteiger partial charge in [0.25, 0.3) is 0 Å². The van der Waals surface area contributed by atoms with Crippen molar-refractivity contribution in [1.29, 1.82) is 0 Å². The van der Waals surface area contributed by atoms with Crippen LogP contribution in [0, 0.1) is 11.8 Å². The minimum atomic E-state index is -0.705. The van der Waals surface area contributed by atoms with Crippen molar-refractivity contribution < 1.29 is 19.7 Å². The molecule has 43 heavy (non-hydrogen) atoms. The van der Waals surface area contributed by atoms with E-state index in [4.69, 9.17) is 19.7 Å². The summed E-state index contributed by atoms with van der Waals surface area (Å²) >= 11 is 0. The molecule has 3 N–H and O–H groups in total. The number of carbonyl (C=O) groups is 1. The molecule has 0 amide bonds. The van der Waals surface area contributed by atoms with Crippen molar-refractivity contribution in [1.82, 2.24) is 5.32 Å². The van der Waals surface area contributed by atoms with Crippen LogP contribution in [-0.4, -0.2) is 46.5 Å². The van der Waals surface area contributed by atoms with Crippen LogP contribution in [0.15, 0.2) is 106 Å². The number of nitrogens with one attached hydrogen (secondary N) is 1. The summed E-state index contributed by atoms with van der Waals surface area (Å²) in [5, 5.41) is 25.9. The summed E-state index contributed by atoms with van der Waals surface area (Å²) in [6, 6.07) is 0. The summed E-state index contributed by atoms with van der Waals surface area (Å²) in [5.41, 5.74) is 14.5. The number of hydrogen-bond donors (Lipinski definition) is 3. The van der Waals surface area contributed by atoms with Crippen molar-refractivity contribution >= 4 is 23.1 Å². The standard InChI is InChI=1S/C35H40N4O4/c1-9-21-15(2)24-14-27-30(20(7)40)18(5)33(38-27)19(6)32-16(3)22(10-11-29(42)43-8)34(39-32)23-12-28(41)31-17(4)25(37-35(23)31)13-26(21)36-24/h13-14,16,20,22,39-41H,9-12H2,1-8H3/t16-,20+,22-/m0/s1. The lowest BCUT2D eigenvalue weighted by molar-refractivity contribution is -0.140. The lowest BCUT2D eigenvalue weighted by Crippen LogP contribution is -2.16. The molecule has 8 nitrogen and oxygen atoms in total. The van der Waals surface area contributed by atoms with Crippen LogP contribution < -0.4 is 5.32 Å². The second-order valence-electron chi connectivity index (χ2n) is 12.2. The number of rotatable bonds is 5. The maximum absolute atomic E-state index is 12.2. The summed E-state index contributed by atoms with van der Waals surface area (Å²) in [6.45, 7) is 14.3. The number of aliphatic hydroxyl groups is 2. The number of allylic oxidation sites excluding steroid dienone is 11. The number of fused-ring (bicyclic) bond motifs is 5. The SMILES string of the molecule is CCC1=C(C)C2=NC1=CC1=C(C)C3=C(O)CC(=C4NC(=C(C)C5=NC(=C2)C([C@@H](C)O)=C5C)[C@@H](C)[C@@H]4CCC(=O)OC)C3=N1. The van der Waals surface area contributed by atoms with Crippen molar-refractivity contribution in [2.45, 2.75) is 80.3 Å². The van der Waals surface area contributed by atoms with Crippen LogP contribution in [0.25, 0.3) is 0 Å². The first-order valence-electron chi connectivity index (χ1n) is 15.2. The molecule has 0 aromatic carbocycles. The third kappa shape index (κ3) is 4.46. The maximum Gasteiger partial charge on any atom is 0.305 e. The van der Waals surface area contributed by atoms with Gasteiger partial charge in [0.15, 0.2) is 0 Å². The van der Waals surface area contributed by atoms with Gasteiger partial charge >= 0.3 is 5.97 Å². The Hall–Kier alpha value is -4.04. The van der Waals surface area contributed by atoms with Crippen molar-refractivity contribution in [3.8, 4) is 0 Å². The fraction of sp³-hybridized carbons (Fsp3) is 0.429. The molecule has 8 bridgehead atoms. The maximum atomic E-state index is 12.2. The fourth-order valence-corrected chi connectivity index (χ4v) is 7.45. The second kappa shape index (κ2) is 10.6. The second-order valence-corrected chi connectivity index (χ2v) is 12.2. The largest absolute Gasteiger partial charge is 0.511 e. The molecule has 3 atom stereocenters. The number of hydrogen-bond acceptors (Lipinski definition) is 8. The molecule has 6 aliphatic rings. The lowest BCUT2D eigenvalue weighted by atomic mass is 9.85. The molecule has 0 radical (unpaired) electrons. The molecule has 1 aliphatic carbocycles. The van der Waals surface area contributed by atoms with E-state index in [0.717, 1.165) is 96.6 Å². The van der Waals surface area contributed by atoms with E-state index in [1.54, 1.807) is 6.92 Å². The number of ether oxygens (including phenoxy) is 1. The summed E-state index contributed by atoms with van der Waals surface area (Å²) in [7, 11) is 1.42. The zero-order valence-electron chi connectivity index (χ0n) is 26.3. The molecule has 5 aliphatic heterocycles. The minimum Gasteiger partial charge on any atom is -0.511 e. The predicted molar refractivity (Wildman–Crippen MR) is 170 cm³/mol. The highest BCUT2D eigenvalue weighted by molar-refractivity contribution is 6.21. The summed E-state index contributed by atoms with van der Waals surface area (Å²) in [5.74, 6) is 0.102. The average Bonchev–Trinajstić information content (AvgIpc) is 3.72. The molecule has 1 saturated heterocycles. The van der Waals surface area contributed by atoms with Gasteiger partial charge in [-0.2, -0.15) is 0 Å². The Morgan fingerprint density at radius 2 is 1.77 bits per heavy atom. The Labute approximate surface area is 253 Å². The van der Waals surface area contributed by atoms with E-state index >= 15 is 0 Å². The lowest BCUT2D eigenvalue weighted by Gasteiger charge is -2.17. The number of nitrogens with zero attached hydrogens (tertiary/aromatic N) is 3. The van der Waals surface area contributed by atoms with Gasteiger partial charge in [0, 0.05) is 52.8 Å². The van der Waals surface area contributed by atoms with E-state index in [0.29, 0.717) is 18.6 Å². The number of aliphatic imine (C=N–C) groups is 3. The quantitative estimate of drug-likeness (QED) is 0.326. The summed E-state index contributed by atoms with van der Waals surface area (Å²) < 4.78 is 4.99. The number of esters is 1. The van der Waals surface area contributed by atoms with Gasteiger partial charge in [0.1, 0.15) is 5.76 Å². The first kappa shape index (κ1) is 29.1. The molecule has 0 spiro atoms. The van der Waals surface area contributed by atoms with Gasteiger partial charge in [-0.05, 0) is 87.5 Å². The number of aliphatic hydroxyl groups excluding tert-OH is 2. The molecule has 8 heteroatoms. The zero-order chi connectivity index (χ0) is 30.9. The smallest absolute Gasteiger partial charge is 0.305 e. The molecule has 0 unspecified atom stereocenters. The normalized spacial score (nSPS) is 25.5. The van der Waals surface area contributed by atoms with Crippen molar-refractivity contribution in [2.75, 3.05) is 7.11 Å². The Bertz CT molecular complexity index is 1730. The molecule has 5 heterocycles. The van der Waals surface area contributed by atoms with Gasteiger partial charge in [-0.1, -0.05) is 13.8 Å². The van der Waals surface area contributed by atoms with E-state index in [9.17, 15) is 15.0 Å². The fourth-order valence-electron chi connectivity index (χ4n) is 7.45. The van der Waals surface area contributed by atoms with Gasteiger partial charge in [0.05, 0.1) is 47.4 Å². The van der Waals surface area contributed by atoms with Gasteiger partial charge in [0.2, 0.25) is 0 Å². The van der Waals surface area contributed by atoms with Crippen LogP contribution in [0.5, 0.6) is 0 Å². The molecule has 0 saturated carbocycles. The first-order valence-corrected chi connectivity index (χ1v) is 15.2. The minimum absolute atomic E-state index is 0.0105. The average molecular weight is 581 g/mol. The van der Waals surface area contributed by atoms with Crippen molar-refractivity contribution in [3.63, 3.8) is 0 Å². The predicted octanol–water partition coefficient (Wildman–Crippen LogP) is 6.38. The Kier molecular flexibility index (Phi) is 7.16. The van der Waals surface area contributed by atoms with Crippen molar-refractivity contribution in [2.24, 2.45) is 26.8 Å². The third-order valence-electron chi connectivity index (χ3n) is 9.79. The Balaban J connectivity index is 1.63. The van der Waals surface area contributed by atoms with Gasteiger partial charge in [-0.3, -0.25) is 4.79 Å². The van der Waals surface area contributed by atoms with E-state index < -0.39 is 6.10 Å². The summed E-state index contributed by atoms with van der Waals surface area (Å²) in [4.78, 5) is 27.5. The van der Waals surface area contributed by atoms with Gasteiger partial charge in [-0.25, -0.2) is 15.0 Å². The highest BCUT2D eigenvalue weighted by atomic mass is 16.5. The van der Waals surface area contributed by atoms with Crippen LogP contribution in [0.4, 0.5) is 0 Å². The van der Waals surface area contributed by atoms with E-state index in [1.165, 1.54) is 7.11 Å². The molecular formula is C35H40N4O4. The van der Waals surface area contributed by atoms with Crippen LogP contribution in [0.2, 0.25) is 0 Å². The van der Waals surface area contributed by atoms with Gasteiger partial charge in [-0.15, -0.1) is 0 Å². The molecule has 6 rings (SSSR count). The number of methoxy groups -OCH3 is 1. The van der Waals surface area contributed by atoms with Crippen LogP contribution in [0.1, 0.15) is 74.1 Å². The monoisotopic (exact) mass is 580 g/mol. The molecule has 0 aromatic heterocycles. The zero-order valence-corrected chi connectivity index (χ0v) is 26.3. The molecule has 0 aromatic rings. The van der Waals surface area contributed by atoms with Gasteiger partial charge < -0.3 is 20.3 Å². The first-order chi connectivity index (χ1) is 20.5. The topological polar surface area (TPSA) is 116 Å². The van der Waals surface area contributed by atoms with E-state index in [-0.39, 0.29) is 24.2 Å². The van der Waals surface area contributed by atoms with E-state index in [1.807, 2.05) is 26.0 Å². The Morgan fingerprint density at radius 3 is 2.44 bits per heavy atom. The number of carbonyl (C=O) groups excluding carboxylic acids is 1. The van der Waals surface area contributed by atoms with Crippen LogP contribution in [-0.2, 0) is 9.53 Å². The molecule has 224 valence electrons. The van der Waals surface area contributed by atoms with Crippen LogP contribution in [0.3, 0.4) is 0 Å². The highest BCUT2D eigenvalue weighted by Gasteiger charge is 2.42. The molecule has 1 fully saturated rings. The Morgan fingerprint density at radius 1 is 1.02 bits per heavy atom. The van der Waals surface area contributed by atoms with Crippen molar-refractivity contribution in [3.05, 3.63) is 91.0 Å². The summed E-state index contributed by atoms with van der Waals surface area (Å²) in [6.07, 6.45) is 5.38. The third-order valence-corrected chi connectivity index (χ3v) is 9.79. The molecular weight excluding hydrogens is 540 g/mol. The highest BCUT2D eigenvalue weighted by Crippen LogP contribution is 2.47. The van der Waals surface area contributed by atoms with E-state index in [2.05, 4.69) is 33.0 Å².